The first-order valence-electron chi connectivity index (χ1n) is 7.16. The van der Waals surface area contributed by atoms with Gasteiger partial charge in [-0.2, -0.15) is 0 Å². The summed E-state index contributed by atoms with van der Waals surface area (Å²) in [5.74, 6) is -1.77. The normalized spacial score (nSPS) is 11.7. The summed E-state index contributed by atoms with van der Waals surface area (Å²) >= 11 is 0. The number of nitrogens with one attached hydrogen (secondary N) is 1. The largest absolute Gasteiger partial charge is 0.456 e. The predicted molar refractivity (Wildman–Crippen MR) is 85.4 cm³/mol. The first kappa shape index (κ1) is 16.5. The molecule has 3 N–H and O–H groups in total. The lowest BCUT2D eigenvalue weighted by atomic mass is 9.98. The minimum atomic E-state index is -0.871. The van der Waals surface area contributed by atoms with Gasteiger partial charge < -0.3 is 15.8 Å². The molecular formula is C17H18N2O4. The Balaban J connectivity index is 2.14. The lowest BCUT2D eigenvalue weighted by Gasteiger charge is -2.16. The van der Waals surface area contributed by atoms with E-state index in [0.717, 1.165) is 16.3 Å². The van der Waals surface area contributed by atoms with Gasteiger partial charge in [0.05, 0.1) is 0 Å². The molecule has 1 atom stereocenters. The molecule has 6 heteroatoms. The van der Waals surface area contributed by atoms with Crippen LogP contribution in [0.1, 0.15) is 12.5 Å². The predicted octanol–water partition coefficient (Wildman–Crippen LogP) is 0.915. The number of ether oxygens (including phenoxy) is 1. The van der Waals surface area contributed by atoms with Crippen LogP contribution in [0, 0.1) is 0 Å². The van der Waals surface area contributed by atoms with E-state index in [4.69, 9.17) is 5.73 Å². The Labute approximate surface area is 133 Å². The second-order valence-electron chi connectivity index (χ2n) is 5.15. The molecule has 0 aliphatic heterocycles. The summed E-state index contributed by atoms with van der Waals surface area (Å²) in [5.41, 5.74) is 6.27. The highest BCUT2D eigenvalue weighted by molar-refractivity contribution is 5.90. The first-order valence-corrected chi connectivity index (χ1v) is 7.16. The highest BCUT2D eigenvalue weighted by Crippen LogP contribution is 2.19. The number of nitrogens with two attached hydrogens (primary N) is 1. The first-order chi connectivity index (χ1) is 11.0. The smallest absolute Gasteiger partial charge is 0.303 e. The second-order valence-corrected chi connectivity index (χ2v) is 5.15. The number of benzene rings is 2. The van der Waals surface area contributed by atoms with Crippen LogP contribution < -0.4 is 11.1 Å². The Morgan fingerprint density at radius 2 is 1.83 bits per heavy atom. The quantitative estimate of drug-likeness (QED) is 0.774. The maximum absolute atomic E-state index is 11.7. The third-order valence-corrected chi connectivity index (χ3v) is 3.39. The fourth-order valence-electron chi connectivity index (χ4n) is 2.32. The van der Waals surface area contributed by atoms with E-state index in [1.807, 2.05) is 42.5 Å². The van der Waals surface area contributed by atoms with E-state index >= 15 is 0 Å². The Kier molecular flexibility index (Phi) is 5.30. The van der Waals surface area contributed by atoms with Gasteiger partial charge in [-0.25, -0.2) is 0 Å². The maximum atomic E-state index is 11.7. The van der Waals surface area contributed by atoms with Crippen LogP contribution in [-0.2, 0) is 25.5 Å². The van der Waals surface area contributed by atoms with E-state index < -0.39 is 30.4 Å². The van der Waals surface area contributed by atoms with Gasteiger partial charge in [-0.15, -0.1) is 0 Å². The van der Waals surface area contributed by atoms with Gasteiger partial charge in [0.2, 0.25) is 5.91 Å². The van der Waals surface area contributed by atoms with Crippen molar-refractivity contribution in [3.05, 3.63) is 48.0 Å². The molecule has 120 valence electrons. The monoisotopic (exact) mass is 314 g/mol. The summed E-state index contributed by atoms with van der Waals surface area (Å²) in [5, 5.41) is 4.53. The van der Waals surface area contributed by atoms with Crippen molar-refractivity contribution in [2.24, 2.45) is 5.73 Å². The fourth-order valence-corrected chi connectivity index (χ4v) is 2.32. The topological polar surface area (TPSA) is 98.5 Å². The molecule has 2 aromatic carbocycles. The second kappa shape index (κ2) is 7.40. The molecule has 0 radical (unpaired) electrons. The van der Waals surface area contributed by atoms with Crippen LogP contribution in [0.2, 0.25) is 0 Å². The highest BCUT2D eigenvalue weighted by atomic mass is 16.5. The number of carbonyl (C=O) groups is 3. The maximum Gasteiger partial charge on any atom is 0.303 e. The Morgan fingerprint density at radius 3 is 2.52 bits per heavy atom. The number of hydrogen-bond donors (Lipinski definition) is 2. The van der Waals surface area contributed by atoms with E-state index in [9.17, 15) is 14.4 Å². The van der Waals surface area contributed by atoms with Gasteiger partial charge in [0.1, 0.15) is 6.04 Å². The van der Waals surface area contributed by atoms with E-state index in [-0.39, 0.29) is 6.42 Å². The van der Waals surface area contributed by atoms with Gasteiger partial charge in [0.25, 0.3) is 5.91 Å². The lowest BCUT2D eigenvalue weighted by Crippen LogP contribution is -2.47. The minimum absolute atomic E-state index is 0.266. The van der Waals surface area contributed by atoms with E-state index in [1.54, 1.807) is 0 Å². The number of amides is 2. The lowest BCUT2D eigenvalue weighted by molar-refractivity contribution is -0.146. The summed E-state index contributed by atoms with van der Waals surface area (Å²) in [7, 11) is 0. The molecule has 23 heavy (non-hydrogen) atoms. The summed E-state index contributed by atoms with van der Waals surface area (Å²) < 4.78 is 4.60. The SMILES string of the molecule is CC(=O)OCC(=O)N[C@@H](Cc1cccc2ccccc12)C(N)=O. The molecule has 2 amide bonds. The summed E-state index contributed by atoms with van der Waals surface area (Å²) in [6, 6.07) is 12.6. The highest BCUT2D eigenvalue weighted by Gasteiger charge is 2.20. The van der Waals surface area contributed by atoms with Crippen LogP contribution in [0.5, 0.6) is 0 Å². The number of primary amides is 1. The molecule has 0 unspecified atom stereocenters. The van der Waals surface area contributed by atoms with Crippen molar-refractivity contribution in [2.45, 2.75) is 19.4 Å². The number of fused-ring (bicyclic) bond motifs is 1. The van der Waals surface area contributed by atoms with Crippen molar-refractivity contribution < 1.29 is 19.1 Å². The molecule has 0 aliphatic rings. The standard InChI is InChI=1S/C17H18N2O4/c1-11(20)23-10-16(21)19-15(17(18)22)9-13-7-4-6-12-5-2-3-8-14(12)13/h2-8,15H,9-10H2,1H3,(H2,18,22)(H,19,21)/t15-/m0/s1. The van der Waals surface area contributed by atoms with Crippen LogP contribution in [0.25, 0.3) is 10.8 Å². The molecule has 0 heterocycles. The van der Waals surface area contributed by atoms with Crippen molar-refractivity contribution in [3.8, 4) is 0 Å². The molecule has 0 saturated carbocycles. The van der Waals surface area contributed by atoms with Gasteiger partial charge in [-0.3, -0.25) is 14.4 Å². The minimum Gasteiger partial charge on any atom is -0.456 e. The Bertz CT molecular complexity index is 737. The Hall–Kier alpha value is -2.89. The van der Waals surface area contributed by atoms with Gasteiger partial charge in [-0.05, 0) is 16.3 Å². The number of hydrogen-bond acceptors (Lipinski definition) is 4. The van der Waals surface area contributed by atoms with Gasteiger partial charge in [0.15, 0.2) is 6.61 Å². The zero-order chi connectivity index (χ0) is 16.8. The molecule has 0 bridgehead atoms. The van der Waals surface area contributed by atoms with Crippen molar-refractivity contribution in [1.29, 1.82) is 0 Å². The van der Waals surface area contributed by atoms with E-state index in [2.05, 4.69) is 10.1 Å². The number of rotatable bonds is 6. The van der Waals surface area contributed by atoms with Crippen LogP contribution in [0.15, 0.2) is 42.5 Å². The van der Waals surface area contributed by atoms with E-state index in [0.29, 0.717) is 0 Å². The van der Waals surface area contributed by atoms with Crippen LogP contribution in [-0.4, -0.2) is 30.4 Å². The molecule has 0 spiro atoms. The van der Waals surface area contributed by atoms with Crippen LogP contribution >= 0.6 is 0 Å². The van der Waals surface area contributed by atoms with Crippen molar-refractivity contribution in [1.82, 2.24) is 5.32 Å². The van der Waals surface area contributed by atoms with Gasteiger partial charge >= 0.3 is 5.97 Å². The van der Waals surface area contributed by atoms with Crippen LogP contribution in [0.3, 0.4) is 0 Å². The van der Waals surface area contributed by atoms with Crippen molar-refractivity contribution in [2.75, 3.05) is 6.61 Å². The molecule has 0 aliphatic carbocycles. The third-order valence-electron chi connectivity index (χ3n) is 3.39. The third kappa shape index (κ3) is 4.54. The van der Waals surface area contributed by atoms with Gasteiger partial charge in [-0.1, -0.05) is 42.5 Å². The summed E-state index contributed by atoms with van der Waals surface area (Å²) in [4.78, 5) is 34.0. The Morgan fingerprint density at radius 1 is 1.13 bits per heavy atom. The average molecular weight is 314 g/mol. The van der Waals surface area contributed by atoms with Crippen LogP contribution in [0.4, 0.5) is 0 Å². The average Bonchev–Trinajstić information content (AvgIpc) is 2.52. The molecule has 0 fully saturated rings. The zero-order valence-corrected chi connectivity index (χ0v) is 12.7. The molecule has 2 rings (SSSR count). The molecular weight excluding hydrogens is 296 g/mol. The van der Waals surface area contributed by atoms with E-state index in [1.165, 1.54) is 6.92 Å². The number of carbonyl (C=O) groups excluding carboxylic acids is 3. The molecule has 0 aromatic heterocycles. The molecule has 6 nitrogen and oxygen atoms in total. The van der Waals surface area contributed by atoms with Crippen molar-refractivity contribution in [3.63, 3.8) is 0 Å². The molecule has 2 aromatic rings. The zero-order valence-electron chi connectivity index (χ0n) is 12.7. The molecule has 0 saturated heterocycles. The van der Waals surface area contributed by atoms with Gasteiger partial charge in [0, 0.05) is 13.3 Å². The number of esters is 1. The van der Waals surface area contributed by atoms with Crippen molar-refractivity contribution >= 4 is 28.6 Å². The fraction of sp³-hybridized carbons (Fsp3) is 0.235. The summed E-state index contributed by atoms with van der Waals surface area (Å²) in [6.45, 7) is 0.767. The summed E-state index contributed by atoms with van der Waals surface area (Å²) in [6.07, 6.45) is 0.266.